The van der Waals surface area contributed by atoms with Gasteiger partial charge in [-0.3, -0.25) is 4.79 Å². The number of benzene rings is 3. The Labute approximate surface area is 134 Å². The van der Waals surface area contributed by atoms with Gasteiger partial charge in [-0.05, 0) is 36.4 Å². The highest BCUT2D eigenvalue weighted by Crippen LogP contribution is 2.27. The summed E-state index contributed by atoms with van der Waals surface area (Å²) in [5.41, 5.74) is 13.5. The minimum atomic E-state index is -0.202. The predicted molar refractivity (Wildman–Crippen MR) is 91.7 cm³/mol. The van der Waals surface area contributed by atoms with Gasteiger partial charge in [0.1, 0.15) is 11.5 Å². The van der Waals surface area contributed by atoms with E-state index in [2.05, 4.69) is 0 Å². The lowest BCUT2D eigenvalue weighted by atomic mass is 10.0. The molecule has 3 aromatic carbocycles. The van der Waals surface area contributed by atoms with Crippen LogP contribution in [-0.2, 0) is 0 Å². The van der Waals surface area contributed by atoms with E-state index in [1.807, 2.05) is 30.3 Å². The summed E-state index contributed by atoms with van der Waals surface area (Å²) in [6, 6.07) is 21.3. The maximum atomic E-state index is 12.6. The van der Waals surface area contributed by atoms with E-state index in [1.54, 1.807) is 42.5 Å². The number of carbonyl (C=O) groups excluding carboxylic acids is 1. The number of anilines is 2. The average Bonchev–Trinajstić information content (AvgIpc) is 2.56. The first-order valence-corrected chi connectivity index (χ1v) is 7.17. The summed E-state index contributed by atoms with van der Waals surface area (Å²) in [7, 11) is 0. The molecule has 4 heteroatoms. The summed E-state index contributed by atoms with van der Waals surface area (Å²) in [4.78, 5) is 12.6. The second kappa shape index (κ2) is 6.23. The molecule has 3 rings (SSSR count). The van der Waals surface area contributed by atoms with Crippen LogP contribution in [0.1, 0.15) is 15.9 Å². The second-order valence-corrected chi connectivity index (χ2v) is 5.08. The number of ketones is 1. The third-order valence-corrected chi connectivity index (χ3v) is 3.45. The number of rotatable bonds is 4. The van der Waals surface area contributed by atoms with Crippen molar-refractivity contribution in [3.05, 3.63) is 83.9 Å². The van der Waals surface area contributed by atoms with Crippen LogP contribution in [0.15, 0.2) is 72.8 Å². The highest BCUT2D eigenvalue weighted by atomic mass is 16.5. The molecule has 0 aliphatic heterocycles. The van der Waals surface area contributed by atoms with Gasteiger partial charge in [0.15, 0.2) is 5.78 Å². The molecule has 0 saturated carbocycles. The van der Waals surface area contributed by atoms with Crippen molar-refractivity contribution in [2.24, 2.45) is 0 Å². The van der Waals surface area contributed by atoms with Gasteiger partial charge in [0.2, 0.25) is 0 Å². The van der Waals surface area contributed by atoms with Crippen LogP contribution in [0, 0.1) is 0 Å². The lowest BCUT2D eigenvalue weighted by Gasteiger charge is -2.10. The van der Waals surface area contributed by atoms with E-state index in [0.29, 0.717) is 34.0 Å². The third kappa shape index (κ3) is 3.16. The third-order valence-electron chi connectivity index (χ3n) is 3.45. The highest BCUT2D eigenvalue weighted by molar-refractivity contribution is 6.14. The van der Waals surface area contributed by atoms with E-state index in [-0.39, 0.29) is 5.78 Å². The van der Waals surface area contributed by atoms with Gasteiger partial charge in [0, 0.05) is 28.6 Å². The van der Waals surface area contributed by atoms with Crippen molar-refractivity contribution in [3.63, 3.8) is 0 Å². The van der Waals surface area contributed by atoms with E-state index in [0.717, 1.165) is 0 Å². The Hall–Kier alpha value is -3.27. The Morgan fingerprint density at radius 1 is 0.696 bits per heavy atom. The molecule has 0 radical (unpaired) electrons. The summed E-state index contributed by atoms with van der Waals surface area (Å²) < 4.78 is 5.71. The maximum absolute atomic E-state index is 12.6. The first-order valence-electron chi connectivity index (χ1n) is 7.17. The van der Waals surface area contributed by atoms with Crippen LogP contribution >= 0.6 is 0 Å². The van der Waals surface area contributed by atoms with Gasteiger partial charge < -0.3 is 16.2 Å². The summed E-state index contributed by atoms with van der Waals surface area (Å²) in [6.45, 7) is 0. The van der Waals surface area contributed by atoms with Crippen molar-refractivity contribution in [1.82, 2.24) is 0 Å². The second-order valence-electron chi connectivity index (χ2n) is 5.08. The fourth-order valence-electron chi connectivity index (χ4n) is 2.28. The van der Waals surface area contributed by atoms with Crippen LogP contribution in [0.2, 0.25) is 0 Å². The first-order chi connectivity index (χ1) is 11.1. The van der Waals surface area contributed by atoms with Crippen molar-refractivity contribution >= 4 is 17.2 Å². The molecular weight excluding hydrogens is 288 g/mol. The number of hydrogen-bond donors (Lipinski definition) is 2. The number of nitrogens with two attached hydrogens (primary N) is 2. The SMILES string of the molecule is Nc1ccccc1C(=O)c1ccc(Oc2ccccc2)cc1N. The minimum absolute atomic E-state index is 0.202. The van der Waals surface area contributed by atoms with E-state index in [1.165, 1.54) is 0 Å². The monoisotopic (exact) mass is 304 g/mol. The van der Waals surface area contributed by atoms with Crippen molar-refractivity contribution in [3.8, 4) is 11.5 Å². The van der Waals surface area contributed by atoms with Crippen LogP contribution in [0.25, 0.3) is 0 Å². The van der Waals surface area contributed by atoms with Gasteiger partial charge in [-0.25, -0.2) is 0 Å². The lowest BCUT2D eigenvalue weighted by Crippen LogP contribution is -2.08. The molecule has 0 aliphatic rings. The van der Waals surface area contributed by atoms with E-state index in [4.69, 9.17) is 16.2 Å². The zero-order chi connectivity index (χ0) is 16.2. The molecule has 0 spiro atoms. The molecule has 0 amide bonds. The molecule has 0 aliphatic carbocycles. The Kier molecular flexibility index (Phi) is 3.97. The quantitative estimate of drug-likeness (QED) is 0.566. The molecule has 4 N–H and O–H groups in total. The Morgan fingerprint density at radius 3 is 2.04 bits per heavy atom. The van der Waals surface area contributed by atoms with Gasteiger partial charge in [0.25, 0.3) is 0 Å². The number of nitrogen functional groups attached to an aromatic ring is 2. The number of carbonyl (C=O) groups is 1. The van der Waals surface area contributed by atoms with E-state index >= 15 is 0 Å². The smallest absolute Gasteiger partial charge is 0.197 e. The highest BCUT2D eigenvalue weighted by Gasteiger charge is 2.15. The van der Waals surface area contributed by atoms with E-state index < -0.39 is 0 Å². The van der Waals surface area contributed by atoms with Gasteiger partial charge in [-0.2, -0.15) is 0 Å². The maximum Gasteiger partial charge on any atom is 0.197 e. The molecular formula is C19H16N2O2. The van der Waals surface area contributed by atoms with Crippen molar-refractivity contribution < 1.29 is 9.53 Å². The summed E-state index contributed by atoms with van der Waals surface area (Å²) in [5, 5.41) is 0. The zero-order valence-electron chi connectivity index (χ0n) is 12.4. The molecule has 114 valence electrons. The standard InChI is InChI=1S/C19H16N2O2/c20-17-9-5-4-8-15(17)19(22)16-11-10-14(12-18(16)21)23-13-6-2-1-3-7-13/h1-12H,20-21H2. The first kappa shape index (κ1) is 14.7. The molecule has 0 unspecified atom stereocenters. The minimum Gasteiger partial charge on any atom is -0.457 e. The van der Waals surface area contributed by atoms with Crippen molar-refractivity contribution in [2.75, 3.05) is 11.5 Å². The Bertz CT molecular complexity index is 845. The van der Waals surface area contributed by atoms with Crippen molar-refractivity contribution in [1.29, 1.82) is 0 Å². The fraction of sp³-hybridized carbons (Fsp3) is 0. The molecule has 23 heavy (non-hydrogen) atoms. The van der Waals surface area contributed by atoms with Crippen LogP contribution < -0.4 is 16.2 Å². The molecule has 4 nitrogen and oxygen atoms in total. The molecule has 0 atom stereocenters. The van der Waals surface area contributed by atoms with Gasteiger partial charge in [-0.15, -0.1) is 0 Å². The lowest BCUT2D eigenvalue weighted by molar-refractivity contribution is 0.104. The Morgan fingerprint density at radius 2 is 1.35 bits per heavy atom. The molecule has 0 aromatic heterocycles. The zero-order valence-corrected chi connectivity index (χ0v) is 12.4. The largest absolute Gasteiger partial charge is 0.457 e. The molecule has 0 fully saturated rings. The van der Waals surface area contributed by atoms with Crippen LogP contribution in [0.5, 0.6) is 11.5 Å². The normalized spacial score (nSPS) is 10.3. The van der Waals surface area contributed by atoms with Gasteiger partial charge in [0.05, 0.1) is 0 Å². The molecule has 3 aromatic rings. The Balaban J connectivity index is 1.88. The molecule has 0 heterocycles. The van der Waals surface area contributed by atoms with Gasteiger partial charge in [-0.1, -0.05) is 30.3 Å². The van der Waals surface area contributed by atoms with Crippen LogP contribution in [0.3, 0.4) is 0 Å². The topological polar surface area (TPSA) is 78.3 Å². The number of hydrogen-bond acceptors (Lipinski definition) is 4. The molecule has 0 saturated heterocycles. The van der Waals surface area contributed by atoms with E-state index in [9.17, 15) is 4.79 Å². The van der Waals surface area contributed by atoms with Gasteiger partial charge >= 0.3 is 0 Å². The molecule has 0 bridgehead atoms. The number of para-hydroxylation sites is 2. The van der Waals surface area contributed by atoms with Crippen LogP contribution in [0.4, 0.5) is 11.4 Å². The van der Waals surface area contributed by atoms with Crippen molar-refractivity contribution in [2.45, 2.75) is 0 Å². The predicted octanol–water partition coefficient (Wildman–Crippen LogP) is 3.87. The number of ether oxygens (including phenoxy) is 1. The summed E-state index contributed by atoms with van der Waals surface area (Å²) >= 11 is 0. The summed E-state index contributed by atoms with van der Waals surface area (Å²) in [6.07, 6.45) is 0. The average molecular weight is 304 g/mol. The van der Waals surface area contributed by atoms with Crippen LogP contribution in [-0.4, -0.2) is 5.78 Å². The summed E-state index contributed by atoms with van der Waals surface area (Å²) in [5.74, 6) is 1.08. The fourth-order valence-corrected chi connectivity index (χ4v) is 2.28.